The molecule has 4 rings (SSSR count). The highest BCUT2D eigenvalue weighted by molar-refractivity contribution is 5.91. The van der Waals surface area contributed by atoms with E-state index in [4.69, 9.17) is 0 Å². The lowest BCUT2D eigenvalue weighted by Gasteiger charge is -2.04. The van der Waals surface area contributed by atoms with Crippen molar-refractivity contribution in [2.45, 2.75) is 6.92 Å². The maximum Gasteiger partial charge on any atom is 0.259 e. The van der Waals surface area contributed by atoms with Gasteiger partial charge in [0.2, 0.25) is 0 Å². The minimum Gasteiger partial charge on any atom is -0.295 e. The zero-order valence-electron chi connectivity index (χ0n) is 13.4. The second-order valence-corrected chi connectivity index (χ2v) is 5.77. The van der Waals surface area contributed by atoms with E-state index in [1.54, 1.807) is 42.9 Å². The monoisotopic (exact) mass is 317 g/mol. The van der Waals surface area contributed by atoms with Crippen molar-refractivity contribution < 1.29 is 0 Å². The summed E-state index contributed by atoms with van der Waals surface area (Å²) in [4.78, 5) is 25.9. The van der Waals surface area contributed by atoms with E-state index in [2.05, 4.69) is 5.10 Å². The molecule has 0 N–H and O–H groups in total. The molecular formula is C19H15N3O2. The standard InChI is InChI=1S/C19H15N3O2/c1-12-16-17(23)14-10-6-7-11-15(14)19(24)21(2)18(16)22(20-12)13-8-4-3-5-9-13/h3-11H,1-2H3. The lowest BCUT2D eigenvalue weighted by Crippen LogP contribution is -2.16. The molecule has 0 saturated carbocycles. The number of rotatable bonds is 1. The average Bonchev–Trinajstić information content (AvgIpc) is 2.94. The Bertz CT molecular complexity index is 1200. The normalized spacial score (nSPS) is 11.2. The van der Waals surface area contributed by atoms with Crippen molar-refractivity contribution >= 4 is 21.8 Å². The fraction of sp³-hybridized carbons (Fsp3) is 0.105. The quantitative estimate of drug-likeness (QED) is 0.542. The molecule has 2 aromatic heterocycles. The van der Waals surface area contributed by atoms with Crippen LogP contribution in [-0.2, 0) is 7.05 Å². The summed E-state index contributed by atoms with van der Waals surface area (Å²) in [6, 6.07) is 16.4. The minimum absolute atomic E-state index is 0.169. The number of aromatic nitrogens is 3. The molecule has 0 bridgehead atoms. The number of hydrogen-bond donors (Lipinski definition) is 0. The van der Waals surface area contributed by atoms with Gasteiger partial charge < -0.3 is 0 Å². The highest BCUT2D eigenvalue weighted by Crippen LogP contribution is 2.19. The molecule has 0 atom stereocenters. The SMILES string of the molecule is Cc1nn(-c2ccccc2)c2c1c(=O)c1ccccc1c(=O)n2C. The molecule has 5 nitrogen and oxygen atoms in total. The van der Waals surface area contributed by atoms with Gasteiger partial charge in [-0.3, -0.25) is 14.2 Å². The molecule has 0 radical (unpaired) electrons. The average molecular weight is 317 g/mol. The third kappa shape index (κ3) is 1.91. The molecule has 24 heavy (non-hydrogen) atoms. The number of benzene rings is 2. The smallest absolute Gasteiger partial charge is 0.259 e. The molecule has 2 heterocycles. The van der Waals surface area contributed by atoms with E-state index >= 15 is 0 Å². The predicted octanol–water partition coefficient (Wildman–Crippen LogP) is 2.55. The molecule has 0 aliphatic rings. The number of fused-ring (bicyclic) bond motifs is 2. The zero-order valence-corrected chi connectivity index (χ0v) is 13.4. The molecule has 0 aliphatic heterocycles. The van der Waals surface area contributed by atoms with Crippen molar-refractivity contribution in [3.63, 3.8) is 0 Å². The van der Waals surface area contributed by atoms with Gasteiger partial charge in [-0.25, -0.2) is 4.68 Å². The third-order valence-electron chi connectivity index (χ3n) is 4.29. The van der Waals surface area contributed by atoms with Crippen LogP contribution in [0.4, 0.5) is 0 Å². The summed E-state index contributed by atoms with van der Waals surface area (Å²) in [6.07, 6.45) is 0. The van der Waals surface area contributed by atoms with Gasteiger partial charge in [-0.05, 0) is 25.1 Å². The summed E-state index contributed by atoms with van der Waals surface area (Å²) in [5, 5.41) is 5.82. The van der Waals surface area contributed by atoms with E-state index < -0.39 is 0 Å². The van der Waals surface area contributed by atoms with Gasteiger partial charge in [-0.2, -0.15) is 5.10 Å². The lowest BCUT2D eigenvalue weighted by molar-refractivity contribution is 0.817. The Morgan fingerprint density at radius 1 is 0.875 bits per heavy atom. The van der Waals surface area contributed by atoms with Crippen LogP contribution in [0, 0.1) is 6.92 Å². The largest absolute Gasteiger partial charge is 0.295 e. The summed E-state index contributed by atoms with van der Waals surface area (Å²) in [7, 11) is 1.68. The van der Waals surface area contributed by atoms with E-state index in [-0.39, 0.29) is 11.0 Å². The molecule has 2 aromatic carbocycles. The molecule has 5 heteroatoms. The van der Waals surface area contributed by atoms with Crippen LogP contribution in [0.15, 0.2) is 64.2 Å². The Hall–Kier alpha value is -3.21. The van der Waals surface area contributed by atoms with Crippen molar-refractivity contribution in [3.8, 4) is 5.69 Å². The molecular weight excluding hydrogens is 302 g/mol. The predicted molar refractivity (Wildman–Crippen MR) is 94.8 cm³/mol. The van der Waals surface area contributed by atoms with Crippen LogP contribution in [0.1, 0.15) is 5.69 Å². The third-order valence-corrected chi connectivity index (χ3v) is 4.29. The molecule has 0 aliphatic carbocycles. The maximum atomic E-state index is 13.1. The van der Waals surface area contributed by atoms with E-state index in [1.807, 2.05) is 30.3 Å². The van der Waals surface area contributed by atoms with E-state index in [0.29, 0.717) is 27.5 Å². The zero-order chi connectivity index (χ0) is 16.8. The number of nitrogens with zero attached hydrogens (tertiary/aromatic N) is 3. The van der Waals surface area contributed by atoms with Gasteiger partial charge in [0.15, 0.2) is 11.1 Å². The summed E-state index contributed by atoms with van der Waals surface area (Å²) in [5.41, 5.74) is 1.54. The molecule has 118 valence electrons. The Morgan fingerprint density at radius 2 is 1.50 bits per heavy atom. The molecule has 0 saturated heterocycles. The Labute approximate surface area is 137 Å². The summed E-state index contributed by atoms with van der Waals surface area (Å²) >= 11 is 0. The van der Waals surface area contributed by atoms with Crippen molar-refractivity contribution in [1.82, 2.24) is 14.3 Å². The first-order valence-corrected chi connectivity index (χ1v) is 7.66. The van der Waals surface area contributed by atoms with Crippen LogP contribution in [0.2, 0.25) is 0 Å². The van der Waals surface area contributed by atoms with E-state index in [1.165, 1.54) is 4.57 Å². The molecule has 0 unspecified atom stereocenters. The van der Waals surface area contributed by atoms with Gasteiger partial charge >= 0.3 is 0 Å². The van der Waals surface area contributed by atoms with Crippen molar-refractivity contribution in [3.05, 3.63) is 80.9 Å². The second-order valence-electron chi connectivity index (χ2n) is 5.77. The van der Waals surface area contributed by atoms with Gasteiger partial charge in [0.25, 0.3) is 5.56 Å². The van der Waals surface area contributed by atoms with E-state index in [0.717, 1.165) is 5.69 Å². The fourth-order valence-corrected chi connectivity index (χ4v) is 3.12. The summed E-state index contributed by atoms with van der Waals surface area (Å²) in [5.74, 6) is 0. The van der Waals surface area contributed by atoms with Gasteiger partial charge in [0.05, 0.1) is 22.2 Å². The maximum absolute atomic E-state index is 13.1. The first kappa shape index (κ1) is 14.4. The molecule has 0 amide bonds. The Balaban J connectivity index is 2.34. The van der Waals surface area contributed by atoms with Crippen LogP contribution in [0.5, 0.6) is 0 Å². The van der Waals surface area contributed by atoms with Gasteiger partial charge in [0, 0.05) is 12.4 Å². The number of aryl methyl sites for hydroxylation is 2. The van der Waals surface area contributed by atoms with Crippen molar-refractivity contribution in [1.29, 1.82) is 0 Å². The van der Waals surface area contributed by atoms with Crippen LogP contribution in [0.3, 0.4) is 0 Å². The van der Waals surface area contributed by atoms with Crippen LogP contribution >= 0.6 is 0 Å². The Morgan fingerprint density at radius 3 is 2.21 bits per heavy atom. The highest BCUT2D eigenvalue weighted by atomic mass is 16.1. The first-order valence-electron chi connectivity index (χ1n) is 7.66. The summed E-state index contributed by atoms with van der Waals surface area (Å²) in [6.45, 7) is 1.79. The Kier molecular flexibility index (Phi) is 3.09. The first-order chi connectivity index (χ1) is 11.6. The summed E-state index contributed by atoms with van der Waals surface area (Å²) < 4.78 is 3.17. The number of hydrogen-bond acceptors (Lipinski definition) is 3. The highest BCUT2D eigenvalue weighted by Gasteiger charge is 2.17. The van der Waals surface area contributed by atoms with Gasteiger partial charge in [0.1, 0.15) is 0 Å². The number of para-hydroxylation sites is 1. The second kappa shape index (κ2) is 5.16. The van der Waals surface area contributed by atoms with E-state index in [9.17, 15) is 9.59 Å². The van der Waals surface area contributed by atoms with Crippen LogP contribution in [0.25, 0.3) is 27.5 Å². The molecule has 4 aromatic rings. The lowest BCUT2D eigenvalue weighted by atomic mass is 10.1. The van der Waals surface area contributed by atoms with Gasteiger partial charge in [-0.1, -0.05) is 36.4 Å². The fourth-order valence-electron chi connectivity index (χ4n) is 3.12. The van der Waals surface area contributed by atoms with Crippen molar-refractivity contribution in [2.75, 3.05) is 0 Å². The molecule has 0 fully saturated rings. The minimum atomic E-state index is -0.213. The molecule has 0 spiro atoms. The topological polar surface area (TPSA) is 56.9 Å². The van der Waals surface area contributed by atoms with Crippen molar-refractivity contribution in [2.24, 2.45) is 7.05 Å². The van der Waals surface area contributed by atoms with Crippen LogP contribution in [-0.4, -0.2) is 14.3 Å². The van der Waals surface area contributed by atoms with Crippen LogP contribution < -0.4 is 11.0 Å². The van der Waals surface area contributed by atoms with Gasteiger partial charge in [-0.15, -0.1) is 0 Å².